The summed E-state index contributed by atoms with van der Waals surface area (Å²) >= 11 is 1.10. The van der Waals surface area contributed by atoms with Crippen molar-refractivity contribution in [1.29, 1.82) is 0 Å². The van der Waals surface area contributed by atoms with Gasteiger partial charge in [-0.15, -0.1) is 5.10 Å². The minimum absolute atomic E-state index is 0.0321. The zero-order chi connectivity index (χ0) is 9.84. The van der Waals surface area contributed by atoms with Crippen LogP contribution in [0, 0.1) is 0 Å². The maximum Gasteiger partial charge on any atom is 0.317 e. The zero-order valence-corrected chi connectivity index (χ0v) is 8.04. The number of thioether (sulfide) groups is 1. The smallest absolute Gasteiger partial charge is 0.317 e. The molecule has 0 saturated heterocycles. The first-order valence-electron chi connectivity index (χ1n) is 3.43. The van der Waals surface area contributed by atoms with Crippen LogP contribution in [0.2, 0.25) is 0 Å². The summed E-state index contributed by atoms with van der Waals surface area (Å²) in [6, 6.07) is 0.368. The second-order valence-corrected chi connectivity index (χ2v) is 3.15. The molecule has 0 atom stereocenters. The summed E-state index contributed by atoms with van der Waals surface area (Å²) in [5.74, 6) is -0.914. The number of aliphatic carboxylic acids is 1. The lowest BCUT2D eigenvalue weighted by Crippen LogP contribution is -2.01. The maximum atomic E-state index is 10.3. The molecule has 1 rings (SSSR count). The van der Waals surface area contributed by atoms with Gasteiger partial charge in [-0.1, -0.05) is 16.9 Å². The zero-order valence-electron chi connectivity index (χ0n) is 7.22. The number of methoxy groups -OCH3 is 1. The van der Waals surface area contributed by atoms with Crippen molar-refractivity contribution >= 4 is 17.7 Å². The third-order valence-corrected chi connectivity index (χ3v) is 2.31. The normalized spacial score (nSPS) is 10.0. The highest BCUT2D eigenvalue weighted by Gasteiger charge is 2.10. The Kier molecular flexibility index (Phi) is 3.13. The Morgan fingerprint density at radius 2 is 2.38 bits per heavy atom. The minimum atomic E-state index is -0.882. The van der Waals surface area contributed by atoms with Gasteiger partial charge in [-0.3, -0.25) is 9.36 Å². The van der Waals surface area contributed by atoms with Crippen LogP contribution >= 0.6 is 11.8 Å². The molecule has 13 heavy (non-hydrogen) atoms. The van der Waals surface area contributed by atoms with E-state index in [1.54, 1.807) is 11.6 Å². The highest BCUT2D eigenvalue weighted by Crippen LogP contribution is 2.18. The lowest BCUT2D eigenvalue weighted by Gasteiger charge is -1.99. The third kappa shape index (κ3) is 2.35. The molecule has 72 valence electrons. The summed E-state index contributed by atoms with van der Waals surface area (Å²) in [5.41, 5.74) is 0. The quantitative estimate of drug-likeness (QED) is 0.694. The summed E-state index contributed by atoms with van der Waals surface area (Å²) in [6.45, 7) is 0. The van der Waals surface area contributed by atoms with Crippen LogP contribution in [0.3, 0.4) is 0 Å². The maximum absolute atomic E-state index is 10.3. The van der Waals surface area contributed by atoms with Gasteiger partial charge in [0.05, 0.1) is 12.9 Å². The Bertz CT molecular complexity index is 312. The van der Waals surface area contributed by atoms with Gasteiger partial charge in [0.25, 0.3) is 0 Å². The number of hydrogen-bond acceptors (Lipinski definition) is 5. The fourth-order valence-electron chi connectivity index (χ4n) is 0.731. The summed E-state index contributed by atoms with van der Waals surface area (Å²) in [7, 11) is 3.19. The van der Waals surface area contributed by atoms with Gasteiger partial charge < -0.3 is 9.84 Å². The number of carboxylic acid groups (broad SMARTS) is 1. The van der Waals surface area contributed by atoms with Crippen molar-refractivity contribution in [3.05, 3.63) is 0 Å². The predicted molar refractivity (Wildman–Crippen MR) is 45.9 cm³/mol. The molecule has 0 aromatic carbocycles. The van der Waals surface area contributed by atoms with E-state index in [0.717, 1.165) is 11.8 Å². The van der Waals surface area contributed by atoms with Gasteiger partial charge in [0, 0.05) is 7.05 Å². The number of aromatic nitrogens is 3. The fraction of sp³-hybridized carbons (Fsp3) is 0.500. The predicted octanol–water partition coefficient (Wildman–Crippen LogP) is 0.000400. The first kappa shape index (κ1) is 9.85. The second kappa shape index (κ2) is 4.13. The molecule has 6 nitrogen and oxygen atoms in total. The van der Waals surface area contributed by atoms with Crippen LogP contribution in [0.15, 0.2) is 5.16 Å². The topological polar surface area (TPSA) is 77.2 Å². The van der Waals surface area contributed by atoms with E-state index in [-0.39, 0.29) is 5.75 Å². The van der Waals surface area contributed by atoms with Crippen LogP contribution in [-0.4, -0.2) is 38.7 Å². The molecule has 0 spiro atoms. The SMILES string of the molecule is COc1nnc(SCC(=O)O)n1C. The Hall–Kier alpha value is -1.24. The average molecular weight is 203 g/mol. The molecule has 1 aromatic heterocycles. The Balaban J connectivity index is 2.67. The van der Waals surface area contributed by atoms with Crippen LogP contribution in [0.4, 0.5) is 0 Å². The largest absolute Gasteiger partial charge is 0.481 e. The Labute approximate surface area is 78.9 Å². The number of hydrogen-bond donors (Lipinski definition) is 1. The first-order chi connectivity index (χ1) is 6.15. The number of carbonyl (C=O) groups is 1. The first-order valence-corrected chi connectivity index (χ1v) is 4.41. The lowest BCUT2D eigenvalue weighted by atomic mass is 10.8. The number of rotatable bonds is 4. The fourth-order valence-corrected chi connectivity index (χ4v) is 1.35. The third-order valence-electron chi connectivity index (χ3n) is 1.30. The van der Waals surface area contributed by atoms with Crippen molar-refractivity contribution in [2.24, 2.45) is 7.05 Å². The second-order valence-electron chi connectivity index (χ2n) is 2.21. The van der Waals surface area contributed by atoms with Gasteiger partial charge in [-0.25, -0.2) is 0 Å². The highest BCUT2D eigenvalue weighted by atomic mass is 32.2. The van der Waals surface area contributed by atoms with E-state index in [2.05, 4.69) is 10.2 Å². The molecule has 1 aromatic rings. The summed E-state index contributed by atoms with van der Waals surface area (Å²) < 4.78 is 6.45. The van der Waals surface area contributed by atoms with Crippen molar-refractivity contribution in [2.75, 3.05) is 12.9 Å². The molecule has 0 aliphatic heterocycles. The van der Waals surface area contributed by atoms with Crippen LogP contribution in [0.1, 0.15) is 0 Å². The standard InChI is InChI=1S/C6H9N3O3S/c1-9-5(12-2)7-8-6(9)13-3-4(10)11/h3H2,1-2H3,(H,10,11). The molecule has 0 unspecified atom stereocenters. The minimum Gasteiger partial charge on any atom is -0.481 e. The van der Waals surface area contributed by atoms with Gasteiger partial charge in [0.1, 0.15) is 0 Å². The van der Waals surface area contributed by atoms with E-state index in [1.165, 1.54) is 7.11 Å². The van der Waals surface area contributed by atoms with Crippen LogP contribution in [-0.2, 0) is 11.8 Å². The van der Waals surface area contributed by atoms with Crippen LogP contribution in [0.25, 0.3) is 0 Å². The number of nitrogens with zero attached hydrogens (tertiary/aromatic N) is 3. The van der Waals surface area contributed by atoms with E-state index < -0.39 is 5.97 Å². The molecule has 0 bridgehead atoms. The van der Waals surface area contributed by atoms with Gasteiger partial charge in [-0.2, -0.15) is 0 Å². The molecular formula is C6H9N3O3S. The van der Waals surface area contributed by atoms with E-state index in [4.69, 9.17) is 9.84 Å². The van der Waals surface area contributed by atoms with Crippen molar-refractivity contribution in [1.82, 2.24) is 14.8 Å². The molecule has 0 saturated carbocycles. The van der Waals surface area contributed by atoms with E-state index in [9.17, 15) is 4.79 Å². The van der Waals surface area contributed by atoms with E-state index >= 15 is 0 Å². The van der Waals surface area contributed by atoms with Crippen molar-refractivity contribution < 1.29 is 14.6 Å². The Morgan fingerprint density at radius 3 is 2.85 bits per heavy atom. The van der Waals surface area contributed by atoms with Crippen LogP contribution in [0.5, 0.6) is 6.01 Å². The Morgan fingerprint density at radius 1 is 1.69 bits per heavy atom. The molecule has 0 amide bonds. The molecule has 1 heterocycles. The van der Waals surface area contributed by atoms with E-state index in [0.29, 0.717) is 11.2 Å². The molecule has 0 fully saturated rings. The van der Waals surface area contributed by atoms with Gasteiger partial charge in [-0.05, 0) is 0 Å². The van der Waals surface area contributed by atoms with Crippen LogP contribution < -0.4 is 4.74 Å². The summed E-state index contributed by atoms with van der Waals surface area (Å²) in [4.78, 5) is 10.3. The van der Waals surface area contributed by atoms with Gasteiger partial charge in [0.15, 0.2) is 5.16 Å². The number of carboxylic acids is 1. The average Bonchev–Trinajstić information content (AvgIpc) is 2.43. The highest BCUT2D eigenvalue weighted by molar-refractivity contribution is 7.99. The molecular weight excluding hydrogens is 194 g/mol. The van der Waals surface area contributed by atoms with Crippen molar-refractivity contribution in [3.8, 4) is 6.01 Å². The van der Waals surface area contributed by atoms with Crippen molar-refractivity contribution in [2.45, 2.75) is 5.16 Å². The number of ether oxygens (including phenoxy) is 1. The molecule has 0 aliphatic carbocycles. The molecule has 1 N–H and O–H groups in total. The summed E-state index contributed by atoms with van der Waals surface area (Å²) in [6.07, 6.45) is 0. The molecule has 7 heteroatoms. The molecule has 0 aliphatic rings. The van der Waals surface area contributed by atoms with Gasteiger partial charge >= 0.3 is 12.0 Å². The van der Waals surface area contributed by atoms with E-state index in [1.807, 2.05) is 0 Å². The van der Waals surface area contributed by atoms with Gasteiger partial charge in [0.2, 0.25) is 0 Å². The molecule has 0 radical (unpaired) electrons. The van der Waals surface area contributed by atoms with Crippen molar-refractivity contribution in [3.63, 3.8) is 0 Å². The monoisotopic (exact) mass is 203 g/mol. The lowest BCUT2D eigenvalue weighted by molar-refractivity contribution is -0.133. The summed E-state index contributed by atoms with van der Waals surface area (Å²) in [5, 5.41) is 16.4.